The predicted octanol–water partition coefficient (Wildman–Crippen LogP) is 5.32. The average Bonchev–Trinajstić information content (AvgIpc) is 3.40. The van der Waals surface area contributed by atoms with E-state index in [9.17, 15) is 14.7 Å². The smallest absolute Gasteiger partial charge is 0.449 e. The fourth-order valence-electron chi connectivity index (χ4n) is 6.23. The summed E-state index contributed by atoms with van der Waals surface area (Å²) in [6.45, 7) is 2.46. The topological polar surface area (TPSA) is 86.2 Å². The second kappa shape index (κ2) is 10.4. The third kappa shape index (κ3) is 4.94. The molecule has 8 heteroatoms. The minimum atomic E-state index is -1.33. The SMILES string of the molecule is CN(C(=O)c1ccc2c(c1)[C@H](N1C=C(OC(=O)O)c3ccccc3C1)CC2)C1CCN(c2ccncc2)CC1. The van der Waals surface area contributed by atoms with E-state index in [1.165, 1.54) is 11.3 Å². The van der Waals surface area contributed by atoms with Crippen molar-refractivity contribution in [3.63, 3.8) is 0 Å². The zero-order valence-electron chi connectivity index (χ0n) is 22.0. The van der Waals surface area contributed by atoms with Crippen LogP contribution in [-0.2, 0) is 17.7 Å². The summed E-state index contributed by atoms with van der Waals surface area (Å²) >= 11 is 0. The minimum Gasteiger partial charge on any atom is -0.449 e. The summed E-state index contributed by atoms with van der Waals surface area (Å²) in [6.07, 6.45) is 7.77. The Kier molecular flexibility index (Phi) is 6.69. The van der Waals surface area contributed by atoms with Crippen LogP contribution >= 0.6 is 0 Å². The van der Waals surface area contributed by atoms with Crippen LogP contribution in [-0.4, -0.2) is 58.1 Å². The Hall–Kier alpha value is -4.33. The van der Waals surface area contributed by atoms with Crippen LogP contribution in [0.5, 0.6) is 0 Å². The van der Waals surface area contributed by atoms with Gasteiger partial charge in [0.15, 0.2) is 5.76 Å². The first-order chi connectivity index (χ1) is 19.0. The van der Waals surface area contributed by atoms with E-state index in [1.807, 2.05) is 79.1 Å². The lowest BCUT2D eigenvalue weighted by Gasteiger charge is -2.38. The molecule has 1 aromatic heterocycles. The lowest BCUT2D eigenvalue weighted by atomic mass is 9.98. The average molecular weight is 525 g/mol. The third-order valence-corrected chi connectivity index (χ3v) is 8.32. The van der Waals surface area contributed by atoms with Crippen molar-refractivity contribution in [1.82, 2.24) is 14.8 Å². The van der Waals surface area contributed by atoms with Gasteiger partial charge in [0.1, 0.15) is 0 Å². The van der Waals surface area contributed by atoms with Gasteiger partial charge in [-0.25, -0.2) is 4.79 Å². The lowest BCUT2D eigenvalue weighted by Crippen LogP contribution is -2.45. The second-order valence-corrected chi connectivity index (χ2v) is 10.5. The molecule has 200 valence electrons. The van der Waals surface area contributed by atoms with Gasteiger partial charge in [0.2, 0.25) is 0 Å². The van der Waals surface area contributed by atoms with Crippen molar-refractivity contribution in [2.75, 3.05) is 25.0 Å². The number of benzene rings is 2. The summed E-state index contributed by atoms with van der Waals surface area (Å²) in [5, 5.41) is 9.30. The number of carbonyl (C=O) groups is 2. The van der Waals surface area contributed by atoms with Gasteiger partial charge in [-0.2, -0.15) is 0 Å². The van der Waals surface area contributed by atoms with Crippen molar-refractivity contribution in [1.29, 1.82) is 0 Å². The number of fused-ring (bicyclic) bond motifs is 2. The van der Waals surface area contributed by atoms with Crippen LogP contribution in [0.1, 0.15) is 57.9 Å². The van der Waals surface area contributed by atoms with E-state index >= 15 is 0 Å². The zero-order valence-corrected chi connectivity index (χ0v) is 22.0. The number of hydrogen-bond acceptors (Lipinski definition) is 6. The third-order valence-electron chi connectivity index (χ3n) is 8.32. The number of rotatable bonds is 5. The van der Waals surface area contributed by atoms with Crippen molar-refractivity contribution in [3.05, 3.63) is 101 Å². The quantitative estimate of drug-likeness (QED) is 0.452. The van der Waals surface area contributed by atoms with Gasteiger partial charge in [0.05, 0.1) is 6.04 Å². The van der Waals surface area contributed by atoms with Crippen molar-refractivity contribution >= 4 is 23.5 Å². The maximum atomic E-state index is 13.6. The van der Waals surface area contributed by atoms with Gasteiger partial charge >= 0.3 is 6.16 Å². The van der Waals surface area contributed by atoms with Crippen molar-refractivity contribution in [2.24, 2.45) is 0 Å². The molecule has 0 bridgehead atoms. The van der Waals surface area contributed by atoms with E-state index in [4.69, 9.17) is 4.74 Å². The molecule has 1 N–H and O–H groups in total. The number of ether oxygens (including phenoxy) is 1. The first kappa shape index (κ1) is 25.0. The van der Waals surface area contributed by atoms with Crippen LogP contribution in [0, 0.1) is 0 Å². The Labute approximate surface area is 228 Å². The molecule has 0 radical (unpaired) electrons. The first-order valence-corrected chi connectivity index (χ1v) is 13.5. The van der Waals surface area contributed by atoms with Gasteiger partial charge in [0, 0.05) is 68.1 Å². The van der Waals surface area contributed by atoms with Crippen LogP contribution in [0.3, 0.4) is 0 Å². The number of hydrogen-bond donors (Lipinski definition) is 1. The van der Waals surface area contributed by atoms with Crippen molar-refractivity contribution < 1.29 is 19.4 Å². The summed E-state index contributed by atoms with van der Waals surface area (Å²) < 4.78 is 5.16. The number of nitrogens with zero attached hydrogens (tertiary/aromatic N) is 4. The van der Waals surface area contributed by atoms with E-state index in [2.05, 4.69) is 20.9 Å². The summed E-state index contributed by atoms with van der Waals surface area (Å²) in [4.78, 5) is 35.5. The maximum absolute atomic E-state index is 13.6. The molecular formula is C31H32N4O4. The number of piperidine rings is 1. The van der Waals surface area contributed by atoms with Gasteiger partial charge in [0.25, 0.3) is 5.91 Å². The molecule has 1 aliphatic carbocycles. The van der Waals surface area contributed by atoms with Crippen molar-refractivity contribution in [2.45, 2.75) is 44.3 Å². The van der Waals surface area contributed by atoms with Gasteiger partial charge in [-0.15, -0.1) is 0 Å². The number of aryl methyl sites for hydroxylation is 1. The monoisotopic (exact) mass is 524 g/mol. The molecule has 1 amide bonds. The molecule has 0 saturated carbocycles. The fraction of sp³-hybridized carbons (Fsp3) is 0.323. The molecule has 2 aromatic carbocycles. The Morgan fingerprint density at radius 3 is 2.54 bits per heavy atom. The molecule has 3 aromatic rings. The molecular weight excluding hydrogens is 492 g/mol. The Morgan fingerprint density at radius 2 is 1.77 bits per heavy atom. The first-order valence-electron chi connectivity index (χ1n) is 13.5. The Bertz CT molecular complexity index is 1420. The number of pyridine rings is 1. The molecule has 1 atom stereocenters. The summed E-state index contributed by atoms with van der Waals surface area (Å²) in [5.74, 6) is 0.378. The molecule has 3 aliphatic rings. The molecule has 3 heterocycles. The highest BCUT2D eigenvalue weighted by molar-refractivity contribution is 5.94. The Morgan fingerprint density at radius 1 is 1.00 bits per heavy atom. The molecule has 0 spiro atoms. The van der Waals surface area contributed by atoms with Gasteiger partial charge in [-0.3, -0.25) is 9.78 Å². The highest BCUT2D eigenvalue weighted by Gasteiger charge is 2.32. The van der Waals surface area contributed by atoms with E-state index in [1.54, 1.807) is 0 Å². The molecule has 0 unspecified atom stereocenters. The molecule has 8 nitrogen and oxygen atoms in total. The second-order valence-electron chi connectivity index (χ2n) is 10.5. The molecule has 1 saturated heterocycles. The lowest BCUT2D eigenvalue weighted by molar-refractivity contribution is 0.0708. The van der Waals surface area contributed by atoms with Crippen molar-refractivity contribution in [3.8, 4) is 0 Å². The number of carbonyl (C=O) groups excluding carboxylic acids is 1. The van der Waals surface area contributed by atoms with E-state index < -0.39 is 6.16 Å². The minimum absolute atomic E-state index is 0.0419. The van der Waals surface area contributed by atoms with Crippen LogP contribution < -0.4 is 4.90 Å². The summed E-state index contributed by atoms with van der Waals surface area (Å²) in [7, 11) is 1.92. The number of aromatic nitrogens is 1. The Balaban J connectivity index is 1.19. The standard InChI is InChI=1S/C31H32N4O4/c1-33(24-12-16-34(17-13-24)25-10-14-32-15-11-25)30(36)22-7-6-21-8-9-28(27(21)18-22)35-19-23-4-2-3-5-26(23)29(20-35)39-31(37)38/h2-7,10-11,14-15,18,20,24,28H,8-9,12-13,16-17,19H2,1H3,(H,37,38)/t28-/m1/s1. The van der Waals surface area contributed by atoms with E-state index in [0.717, 1.165) is 55.5 Å². The molecule has 6 rings (SSSR count). The maximum Gasteiger partial charge on any atom is 0.511 e. The number of carboxylic acid groups (broad SMARTS) is 1. The van der Waals surface area contributed by atoms with Gasteiger partial charge < -0.3 is 24.5 Å². The molecule has 39 heavy (non-hydrogen) atoms. The van der Waals surface area contributed by atoms with E-state index in [-0.39, 0.29) is 18.0 Å². The van der Waals surface area contributed by atoms with Crippen LogP contribution in [0.15, 0.2) is 73.2 Å². The molecule has 2 aliphatic heterocycles. The fourth-order valence-corrected chi connectivity index (χ4v) is 6.23. The van der Waals surface area contributed by atoms with Crippen LogP contribution in [0.2, 0.25) is 0 Å². The highest BCUT2D eigenvalue weighted by Crippen LogP contribution is 2.41. The highest BCUT2D eigenvalue weighted by atomic mass is 16.7. The molecule has 1 fully saturated rings. The number of amides is 1. The summed E-state index contributed by atoms with van der Waals surface area (Å²) in [5.41, 5.74) is 6.06. The predicted molar refractivity (Wildman–Crippen MR) is 148 cm³/mol. The normalized spacial score (nSPS) is 18.7. The summed E-state index contributed by atoms with van der Waals surface area (Å²) in [6, 6.07) is 18.1. The van der Waals surface area contributed by atoms with E-state index in [0.29, 0.717) is 17.9 Å². The largest absolute Gasteiger partial charge is 0.511 e. The number of anilines is 1. The van der Waals surface area contributed by atoms with Gasteiger partial charge in [-0.05, 0) is 66.6 Å². The van der Waals surface area contributed by atoms with Crippen LogP contribution in [0.4, 0.5) is 10.5 Å². The zero-order chi connectivity index (χ0) is 26.9. The van der Waals surface area contributed by atoms with Crippen LogP contribution in [0.25, 0.3) is 5.76 Å². The van der Waals surface area contributed by atoms with Gasteiger partial charge in [-0.1, -0.05) is 30.3 Å².